The minimum Gasteiger partial charge on any atom is -0.383 e. The molecule has 2 rings (SSSR count). The molecule has 0 aromatic carbocycles. The lowest BCUT2D eigenvalue weighted by molar-refractivity contribution is 0.0976. The van der Waals surface area contributed by atoms with E-state index in [0.29, 0.717) is 24.6 Å². The number of nitrogen functional groups attached to an aromatic ring is 1. The predicted octanol–water partition coefficient (Wildman–Crippen LogP) is 1.91. The Labute approximate surface area is 157 Å². The lowest BCUT2D eigenvalue weighted by atomic mass is 10.1. The standard InChI is InChI=1S/C18H27N5O4/c1-5-6-8-23-15(19)14(16(24)20-18(23)26)22(9-7-11(2)3)17(25)13-10-12(4)27-21-13/h10-11H,5-9,19H2,1-4H3,(H,20,24,26). The first-order chi connectivity index (χ1) is 12.8. The minimum absolute atomic E-state index is 0.0190. The summed E-state index contributed by atoms with van der Waals surface area (Å²) in [5.74, 6) is 0.266. The van der Waals surface area contributed by atoms with E-state index in [0.717, 1.165) is 12.8 Å². The van der Waals surface area contributed by atoms with E-state index in [2.05, 4.69) is 10.1 Å². The molecule has 0 radical (unpaired) electrons. The van der Waals surface area contributed by atoms with Crippen LogP contribution in [-0.2, 0) is 6.54 Å². The summed E-state index contributed by atoms with van der Waals surface area (Å²) >= 11 is 0. The number of aromatic amines is 1. The Morgan fingerprint density at radius 1 is 1.41 bits per heavy atom. The number of unbranched alkanes of at least 4 members (excludes halogenated alkanes) is 1. The molecule has 0 atom stereocenters. The monoisotopic (exact) mass is 377 g/mol. The van der Waals surface area contributed by atoms with Crippen LogP contribution in [0.5, 0.6) is 0 Å². The number of aryl methyl sites for hydroxylation is 1. The van der Waals surface area contributed by atoms with Gasteiger partial charge in [0, 0.05) is 19.2 Å². The number of rotatable bonds is 8. The van der Waals surface area contributed by atoms with E-state index in [9.17, 15) is 14.4 Å². The lowest BCUT2D eigenvalue weighted by Crippen LogP contribution is -2.42. The molecule has 9 heteroatoms. The van der Waals surface area contributed by atoms with Crippen molar-refractivity contribution in [1.29, 1.82) is 0 Å². The van der Waals surface area contributed by atoms with Crippen molar-refractivity contribution < 1.29 is 9.32 Å². The highest BCUT2D eigenvalue weighted by Crippen LogP contribution is 2.21. The molecule has 2 aromatic rings. The summed E-state index contributed by atoms with van der Waals surface area (Å²) in [7, 11) is 0. The Morgan fingerprint density at radius 2 is 2.11 bits per heavy atom. The molecule has 9 nitrogen and oxygen atoms in total. The van der Waals surface area contributed by atoms with Gasteiger partial charge in [0.2, 0.25) is 0 Å². The molecular weight excluding hydrogens is 350 g/mol. The van der Waals surface area contributed by atoms with Crippen LogP contribution in [-0.4, -0.2) is 27.2 Å². The van der Waals surface area contributed by atoms with Crippen LogP contribution < -0.4 is 21.9 Å². The second-order valence-electron chi connectivity index (χ2n) is 6.96. The van der Waals surface area contributed by atoms with Crippen LogP contribution in [0.3, 0.4) is 0 Å². The minimum atomic E-state index is -0.692. The molecule has 27 heavy (non-hydrogen) atoms. The van der Waals surface area contributed by atoms with E-state index in [1.807, 2.05) is 20.8 Å². The summed E-state index contributed by atoms with van der Waals surface area (Å²) in [5, 5.41) is 3.75. The van der Waals surface area contributed by atoms with Crippen LogP contribution in [0.15, 0.2) is 20.2 Å². The number of H-pyrrole nitrogens is 1. The van der Waals surface area contributed by atoms with Crippen molar-refractivity contribution in [1.82, 2.24) is 14.7 Å². The normalized spacial score (nSPS) is 11.1. The fraction of sp³-hybridized carbons (Fsp3) is 0.556. The Bertz CT molecular complexity index is 909. The van der Waals surface area contributed by atoms with Gasteiger partial charge >= 0.3 is 5.69 Å². The van der Waals surface area contributed by atoms with Crippen LogP contribution in [0.25, 0.3) is 0 Å². The third-order valence-corrected chi connectivity index (χ3v) is 4.24. The summed E-state index contributed by atoms with van der Waals surface area (Å²) in [4.78, 5) is 41.2. The number of aromatic nitrogens is 3. The Hall–Kier alpha value is -2.84. The summed E-state index contributed by atoms with van der Waals surface area (Å²) < 4.78 is 6.28. The molecule has 0 saturated carbocycles. The van der Waals surface area contributed by atoms with Crippen molar-refractivity contribution >= 4 is 17.4 Å². The number of nitrogens with one attached hydrogen (secondary N) is 1. The Kier molecular flexibility index (Phi) is 6.59. The smallest absolute Gasteiger partial charge is 0.330 e. The molecule has 2 aromatic heterocycles. The van der Waals surface area contributed by atoms with Crippen LogP contribution in [0.2, 0.25) is 0 Å². The molecule has 1 amide bonds. The molecule has 0 aliphatic carbocycles. The van der Waals surface area contributed by atoms with Gasteiger partial charge in [-0.25, -0.2) is 4.79 Å². The number of nitrogens with zero attached hydrogens (tertiary/aromatic N) is 3. The van der Waals surface area contributed by atoms with Gasteiger partial charge in [0.1, 0.15) is 11.6 Å². The molecule has 0 saturated heterocycles. The van der Waals surface area contributed by atoms with Crippen molar-refractivity contribution in [2.24, 2.45) is 5.92 Å². The average Bonchev–Trinajstić information content (AvgIpc) is 3.03. The van der Waals surface area contributed by atoms with Crippen molar-refractivity contribution in [2.45, 2.75) is 53.5 Å². The second-order valence-corrected chi connectivity index (χ2v) is 6.96. The van der Waals surface area contributed by atoms with Gasteiger partial charge in [-0.15, -0.1) is 0 Å². The first-order valence-electron chi connectivity index (χ1n) is 9.14. The van der Waals surface area contributed by atoms with E-state index in [-0.39, 0.29) is 23.7 Å². The molecule has 0 bridgehead atoms. The maximum atomic E-state index is 13.0. The first kappa shape index (κ1) is 20.5. The van der Waals surface area contributed by atoms with Gasteiger partial charge in [0.05, 0.1) is 0 Å². The van der Waals surface area contributed by atoms with Crippen molar-refractivity contribution in [2.75, 3.05) is 17.2 Å². The fourth-order valence-corrected chi connectivity index (χ4v) is 2.68. The topological polar surface area (TPSA) is 127 Å². The number of anilines is 2. The molecule has 0 fully saturated rings. The molecule has 3 N–H and O–H groups in total. The van der Waals surface area contributed by atoms with E-state index >= 15 is 0 Å². The van der Waals surface area contributed by atoms with Crippen LogP contribution in [0, 0.1) is 12.8 Å². The number of hydrogen-bond acceptors (Lipinski definition) is 6. The first-order valence-corrected chi connectivity index (χ1v) is 9.14. The Morgan fingerprint density at radius 3 is 2.67 bits per heavy atom. The maximum absolute atomic E-state index is 13.0. The number of hydrogen-bond donors (Lipinski definition) is 2. The highest BCUT2D eigenvalue weighted by atomic mass is 16.5. The molecule has 0 aliphatic heterocycles. The van der Waals surface area contributed by atoms with Gasteiger partial charge in [-0.05, 0) is 25.7 Å². The van der Waals surface area contributed by atoms with Crippen molar-refractivity contribution in [3.05, 3.63) is 38.4 Å². The average molecular weight is 377 g/mol. The highest BCUT2D eigenvalue weighted by molar-refractivity contribution is 6.05. The zero-order valence-corrected chi connectivity index (χ0v) is 16.2. The highest BCUT2D eigenvalue weighted by Gasteiger charge is 2.27. The third-order valence-electron chi connectivity index (χ3n) is 4.24. The van der Waals surface area contributed by atoms with Gasteiger partial charge in [-0.2, -0.15) is 0 Å². The quantitative estimate of drug-likeness (QED) is 0.723. The Balaban J connectivity index is 2.56. The molecule has 0 aliphatic rings. The molecule has 148 valence electrons. The number of carbonyl (C=O) groups is 1. The summed E-state index contributed by atoms with van der Waals surface area (Å²) in [6.07, 6.45) is 2.22. The van der Waals surface area contributed by atoms with Crippen LogP contribution in [0.1, 0.15) is 56.3 Å². The zero-order chi connectivity index (χ0) is 20.1. The summed E-state index contributed by atoms with van der Waals surface area (Å²) in [6, 6.07) is 1.50. The molecule has 2 heterocycles. The lowest BCUT2D eigenvalue weighted by Gasteiger charge is -2.24. The van der Waals surface area contributed by atoms with E-state index in [1.165, 1.54) is 15.5 Å². The van der Waals surface area contributed by atoms with Gasteiger partial charge in [0.25, 0.3) is 11.5 Å². The fourth-order valence-electron chi connectivity index (χ4n) is 2.68. The van der Waals surface area contributed by atoms with Crippen LogP contribution >= 0.6 is 0 Å². The third kappa shape index (κ3) is 4.66. The van der Waals surface area contributed by atoms with Gasteiger partial charge in [-0.1, -0.05) is 32.3 Å². The number of carbonyl (C=O) groups excluding carboxylic acids is 1. The molecule has 0 unspecified atom stereocenters. The van der Waals surface area contributed by atoms with Crippen molar-refractivity contribution in [3.8, 4) is 0 Å². The number of nitrogens with two attached hydrogens (primary N) is 1. The summed E-state index contributed by atoms with van der Waals surface area (Å²) in [5.41, 5.74) is 4.94. The van der Waals surface area contributed by atoms with Gasteiger partial charge < -0.3 is 10.3 Å². The second kappa shape index (κ2) is 8.70. The van der Waals surface area contributed by atoms with E-state index in [4.69, 9.17) is 10.3 Å². The molecular formula is C18H27N5O4. The largest absolute Gasteiger partial charge is 0.383 e. The SMILES string of the molecule is CCCCn1c(N)c(N(CCC(C)C)C(=O)c2cc(C)on2)c(=O)[nH]c1=O. The van der Waals surface area contributed by atoms with Gasteiger partial charge in [-0.3, -0.25) is 24.0 Å². The summed E-state index contributed by atoms with van der Waals surface area (Å²) in [6.45, 7) is 8.31. The maximum Gasteiger partial charge on any atom is 0.330 e. The van der Waals surface area contributed by atoms with Gasteiger partial charge in [0.15, 0.2) is 11.4 Å². The zero-order valence-electron chi connectivity index (χ0n) is 16.2. The number of amides is 1. The molecule has 0 spiro atoms. The van der Waals surface area contributed by atoms with Crippen molar-refractivity contribution in [3.63, 3.8) is 0 Å². The predicted molar refractivity (Wildman–Crippen MR) is 103 cm³/mol. The van der Waals surface area contributed by atoms with Crippen LogP contribution in [0.4, 0.5) is 11.5 Å². The van der Waals surface area contributed by atoms with E-state index < -0.39 is 17.2 Å². The van der Waals surface area contributed by atoms with E-state index in [1.54, 1.807) is 6.92 Å².